The number of nitrogens with one attached hydrogen (secondary N) is 2. The molecule has 1 heterocycles. The molecule has 0 saturated heterocycles. The number of halogens is 4. The van der Waals surface area contributed by atoms with Crippen LogP contribution in [0.1, 0.15) is 15.9 Å². The predicted octanol–water partition coefficient (Wildman–Crippen LogP) is 3.40. The summed E-state index contributed by atoms with van der Waals surface area (Å²) in [6.45, 7) is -0.256. The minimum Gasteiger partial charge on any atom is -0.345 e. The van der Waals surface area contributed by atoms with E-state index in [2.05, 4.69) is 10.4 Å². The minimum absolute atomic E-state index is 0.110. The van der Waals surface area contributed by atoms with Gasteiger partial charge in [-0.25, -0.2) is 9.07 Å². The first kappa shape index (κ1) is 22.0. The van der Waals surface area contributed by atoms with Crippen LogP contribution in [-0.2, 0) is 4.79 Å². The number of carbonyl (C=O) groups excluding carboxylic acids is 2. The Morgan fingerprint density at radius 1 is 1.06 bits per heavy atom. The molecule has 0 spiro atoms. The Morgan fingerprint density at radius 2 is 1.77 bits per heavy atom. The number of aryl methyl sites for hydroxylation is 1. The number of carbonyl (C=O) groups is 2. The number of rotatable bonds is 6. The summed E-state index contributed by atoms with van der Waals surface area (Å²) in [6.07, 6.45) is -3.14. The van der Waals surface area contributed by atoms with Crippen LogP contribution in [0.25, 0.3) is 16.9 Å². The van der Waals surface area contributed by atoms with Gasteiger partial charge in [0, 0.05) is 11.8 Å². The standard InChI is InChI=1S/C21H18F4N4O2/c1-13-3-2-4-14(9-13)19-17(11-29(28-19)16-7-5-15(22)6-8-16)20(31)26-10-18(30)27-12-21(23,24)25/h2-9,11H,10,12H2,1H3,(H,26,31)(H,27,30). The molecule has 0 aliphatic rings. The van der Waals surface area contributed by atoms with Crippen molar-refractivity contribution in [3.8, 4) is 16.9 Å². The van der Waals surface area contributed by atoms with Crippen molar-refractivity contribution in [1.82, 2.24) is 20.4 Å². The molecule has 2 amide bonds. The average Bonchev–Trinajstić information content (AvgIpc) is 3.16. The van der Waals surface area contributed by atoms with Crippen LogP contribution in [0.4, 0.5) is 17.6 Å². The van der Waals surface area contributed by atoms with Crippen LogP contribution in [-0.4, -0.2) is 40.9 Å². The van der Waals surface area contributed by atoms with Crippen molar-refractivity contribution >= 4 is 11.8 Å². The molecule has 0 unspecified atom stereocenters. The Bertz CT molecular complexity index is 1090. The van der Waals surface area contributed by atoms with Crippen molar-refractivity contribution in [3.05, 3.63) is 71.7 Å². The maximum absolute atomic E-state index is 13.2. The highest BCUT2D eigenvalue weighted by atomic mass is 19.4. The lowest BCUT2D eigenvalue weighted by molar-refractivity contribution is -0.137. The molecule has 162 valence electrons. The summed E-state index contributed by atoms with van der Waals surface area (Å²) in [5.41, 5.74) is 2.47. The van der Waals surface area contributed by atoms with Gasteiger partial charge >= 0.3 is 6.18 Å². The molecule has 0 saturated carbocycles. The van der Waals surface area contributed by atoms with Crippen molar-refractivity contribution < 1.29 is 27.2 Å². The van der Waals surface area contributed by atoms with E-state index in [0.717, 1.165) is 5.56 Å². The van der Waals surface area contributed by atoms with E-state index in [0.29, 0.717) is 16.9 Å². The van der Waals surface area contributed by atoms with E-state index in [1.807, 2.05) is 19.1 Å². The highest BCUT2D eigenvalue weighted by Gasteiger charge is 2.28. The monoisotopic (exact) mass is 434 g/mol. The van der Waals surface area contributed by atoms with Gasteiger partial charge < -0.3 is 10.6 Å². The topological polar surface area (TPSA) is 76.0 Å². The minimum atomic E-state index is -4.55. The molecule has 2 aromatic carbocycles. The molecule has 3 aromatic rings. The van der Waals surface area contributed by atoms with Gasteiger partial charge in [0.2, 0.25) is 5.91 Å². The summed E-state index contributed by atoms with van der Waals surface area (Å²) in [5.74, 6) is -2.10. The second-order valence-corrected chi connectivity index (χ2v) is 6.76. The van der Waals surface area contributed by atoms with Crippen molar-refractivity contribution in [2.75, 3.05) is 13.1 Å². The van der Waals surface area contributed by atoms with Gasteiger partial charge in [-0.2, -0.15) is 18.3 Å². The Morgan fingerprint density at radius 3 is 2.42 bits per heavy atom. The smallest absolute Gasteiger partial charge is 0.345 e. The van der Waals surface area contributed by atoms with Crippen LogP contribution in [0, 0.1) is 12.7 Å². The molecular formula is C21H18F4N4O2. The third-order valence-electron chi connectivity index (χ3n) is 4.24. The SMILES string of the molecule is Cc1cccc(-c2nn(-c3ccc(F)cc3)cc2C(=O)NCC(=O)NCC(F)(F)F)c1. The number of hydrogen-bond acceptors (Lipinski definition) is 3. The van der Waals surface area contributed by atoms with Crippen LogP contribution in [0.5, 0.6) is 0 Å². The number of amides is 2. The number of alkyl halides is 3. The number of aromatic nitrogens is 2. The Hall–Kier alpha value is -3.69. The predicted molar refractivity (Wildman–Crippen MR) is 105 cm³/mol. The summed E-state index contributed by atoms with van der Waals surface area (Å²) in [4.78, 5) is 24.3. The van der Waals surface area contributed by atoms with Crippen LogP contribution in [0.3, 0.4) is 0 Å². The zero-order valence-corrected chi connectivity index (χ0v) is 16.3. The molecule has 1 aromatic heterocycles. The third kappa shape index (κ3) is 5.91. The lowest BCUT2D eigenvalue weighted by Gasteiger charge is -2.09. The quantitative estimate of drug-likeness (QED) is 0.584. The van der Waals surface area contributed by atoms with Gasteiger partial charge in [-0.05, 0) is 37.3 Å². The van der Waals surface area contributed by atoms with Crippen molar-refractivity contribution in [2.45, 2.75) is 13.1 Å². The van der Waals surface area contributed by atoms with E-state index in [9.17, 15) is 27.2 Å². The van der Waals surface area contributed by atoms with E-state index < -0.39 is 36.9 Å². The van der Waals surface area contributed by atoms with Crippen LogP contribution >= 0.6 is 0 Å². The molecular weight excluding hydrogens is 416 g/mol. The second-order valence-electron chi connectivity index (χ2n) is 6.76. The molecule has 0 fully saturated rings. The van der Waals surface area contributed by atoms with Crippen molar-refractivity contribution in [3.63, 3.8) is 0 Å². The zero-order chi connectivity index (χ0) is 22.6. The summed E-state index contributed by atoms with van der Waals surface area (Å²) < 4.78 is 51.2. The first-order valence-corrected chi connectivity index (χ1v) is 9.17. The molecule has 0 aliphatic carbocycles. The van der Waals surface area contributed by atoms with Crippen molar-refractivity contribution in [2.24, 2.45) is 0 Å². The van der Waals surface area contributed by atoms with Crippen LogP contribution in [0.15, 0.2) is 54.7 Å². The molecule has 10 heteroatoms. The highest BCUT2D eigenvalue weighted by Crippen LogP contribution is 2.25. The van der Waals surface area contributed by atoms with Gasteiger partial charge in [0.25, 0.3) is 5.91 Å². The first-order chi connectivity index (χ1) is 14.6. The number of hydrogen-bond donors (Lipinski definition) is 2. The second kappa shape index (κ2) is 8.99. The van der Waals surface area contributed by atoms with Gasteiger partial charge in [-0.3, -0.25) is 9.59 Å². The fraction of sp³-hybridized carbons (Fsp3) is 0.190. The van der Waals surface area contributed by atoms with E-state index in [1.165, 1.54) is 35.1 Å². The molecule has 3 rings (SSSR count). The zero-order valence-electron chi connectivity index (χ0n) is 16.3. The fourth-order valence-electron chi connectivity index (χ4n) is 2.79. The molecule has 2 N–H and O–H groups in total. The van der Waals surface area contributed by atoms with E-state index in [-0.39, 0.29) is 5.56 Å². The van der Waals surface area contributed by atoms with Crippen molar-refractivity contribution in [1.29, 1.82) is 0 Å². The molecule has 0 bridgehead atoms. The summed E-state index contributed by atoms with van der Waals surface area (Å²) >= 11 is 0. The van der Waals surface area contributed by atoms with E-state index in [1.54, 1.807) is 17.4 Å². The van der Waals surface area contributed by atoms with E-state index >= 15 is 0 Å². The Balaban J connectivity index is 1.86. The third-order valence-corrected chi connectivity index (χ3v) is 4.24. The molecule has 0 aliphatic heterocycles. The summed E-state index contributed by atoms with van der Waals surface area (Å²) in [5, 5.41) is 8.41. The highest BCUT2D eigenvalue weighted by molar-refractivity contribution is 6.01. The average molecular weight is 434 g/mol. The van der Waals surface area contributed by atoms with Gasteiger partial charge in [0.15, 0.2) is 0 Å². The maximum Gasteiger partial charge on any atom is 0.405 e. The summed E-state index contributed by atoms with van der Waals surface area (Å²) in [7, 11) is 0. The van der Waals surface area contributed by atoms with Gasteiger partial charge in [-0.15, -0.1) is 0 Å². The number of nitrogens with zero attached hydrogens (tertiary/aromatic N) is 2. The van der Waals surface area contributed by atoms with Gasteiger partial charge in [0.1, 0.15) is 18.1 Å². The van der Waals surface area contributed by atoms with Crippen LogP contribution in [0.2, 0.25) is 0 Å². The summed E-state index contributed by atoms with van der Waals surface area (Å²) in [6, 6.07) is 12.7. The van der Waals surface area contributed by atoms with Gasteiger partial charge in [-0.1, -0.05) is 23.8 Å². The molecule has 0 radical (unpaired) electrons. The number of benzene rings is 2. The Kier molecular flexibility index (Phi) is 6.38. The molecule has 31 heavy (non-hydrogen) atoms. The Labute approximate surface area is 174 Å². The van der Waals surface area contributed by atoms with E-state index in [4.69, 9.17) is 0 Å². The maximum atomic E-state index is 13.2. The largest absolute Gasteiger partial charge is 0.405 e. The lowest BCUT2D eigenvalue weighted by Crippen LogP contribution is -2.40. The molecule has 6 nitrogen and oxygen atoms in total. The normalized spacial score (nSPS) is 11.3. The fourth-order valence-corrected chi connectivity index (χ4v) is 2.79. The van der Waals surface area contributed by atoms with Gasteiger partial charge in [0.05, 0.1) is 17.8 Å². The van der Waals surface area contributed by atoms with Crippen LogP contribution < -0.4 is 10.6 Å². The lowest BCUT2D eigenvalue weighted by atomic mass is 10.1. The molecule has 0 atom stereocenters. The first-order valence-electron chi connectivity index (χ1n) is 9.17.